The molecule has 1 saturated carbocycles. The van der Waals surface area contributed by atoms with Crippen molar-refractivity contribution in [1.82, 2.24) is 9.78 Å². The predicted molar refractivity (Wildman–Crippen MR) is 62.9 cm³/mol. The Hall–Kier alpha value is -0.990. The van der Waals surface area contributed by atoms with Crippen molar-refractivity contribution < 1.29 is 0 Å². The third kappa shape index (κ3) is 2.16. The molecule has 0 bridgehead atoms. The molecule has 1 unspecified atom stereocenters. The lowest BCUT2D eigenvalue weighted by Crippen LogP contribution is -2.39. The van der Waals surface area contributed by atoms with Crippen LogP contribution >= 0.6 is 0 Å². The van der Waals surface area contributed by atoms with Crippen LogP contribution in [0.3, 0.4) is 0 Å². The number of nitrogens with one attached hydrogen (secondary N) is 1. The first-order valence-electron chi connectivity index (χ1n) is 5.84. The number of aryl methyl sites for hydroxylation is 1. The summed E-state index contributed by atoms with van der Waals surface area (Å²) >= 11 is 0. The van der Waals surface area contributed by atoms with Crippen LogP contribution in [0, 0.1) is 5.41 Å². The molecule has 0 amide bonds. The van der Waals surface area contributed by atoms with E-state index in [2.05, 4.69) is 24.3 Å². The van der Waals surface area contributed by atoms with Gasteiger partial charge in [-0.15, -0.1) is 0 Å². The molecule has 1 N–H and O–H groups in total. The molecule has 1 aliphatic carbocycles. The maximum absolute atomic E-state index is 4.18. The molecule has 0 aliphatic heterocycles. The molecule has 1 fully saturated rings. The van der Waals surface area contributed by atoms with Crippen LogP contribution in [0.25, 0.3) is 0 Å². The minimum Gasteiger partial charge on any atom is -0.367 e. The average molecular weight is 207 g/mol. The first kappa shape index (κ1) is 10.5. The zero-order chi connectivity index (χ0) is 10.9. The smallest absolute Gasteiger partial charge is 0.124 e. The van der Waals surface area contributed by atoms with Gasteiger partial charge in [-0.3, -0.25) is 4.68 Å². The standard InChI is InChI=1S/C12H21N3/c1-12(2)8-5-4-6-10(12)14-11-7-9-13-15(11)3/h7,9-10,14H,4-6,8H2,1-3H3. The second kappa shape index (κ2) is 3.87. The van der Waals surface area contributed by atoms with E-state index in [1.807, 2.05) is 24.0 Å². The Morgan fingerprint density at radius 3 is 2.87 bits per heavy atom. The molecule has 3 nitrogen and oxygen atoms in total. The highest BCUT2D eigenvalue weighted by atomic mass is 15.3. The van der Waals surface area contributed by atoms with Gasteiger partial charge in [0.25, 0.3) is 0 Å². The lowest BCUT2D eigenvalue weighted by atomic mass is 9.73. The van der Waals surface area contributed by atoms with Crippen molar-refractivity contribution in [1.29, 1.82) is 0 Å². The van der Waals surface area contributed by atoms with E-state index in [-0.39, 0.29) is 0 Å². The second-order valence-electron chi connectivity index (χ2n) is 5.27. The molecule has 0 spiro atoms. The summed E-state index contributed by atoms with van der Waals surface area (Å²) in [6.45, 7) is 4.72. The summed E-state index contributed by atoms with van der Waals surface area (Å²) < 4.78 is 1.91. The fourth-order valence-electron chi connectivity index (χ4n) is 2.46. The largest absolute Gasteiger partial charge is 0.367 e. The Labute approximate surface area is 91.9 Å². The molecular weight excluding hydrogens is 186 g/mol. The highest BCUT2D eigenvalue weighted by Crippen LogP contribution is 2.37. The summed E-state index contributed by atoms with van der Waals surface area (Å²) in [4.78, 5) is 0. The van der Waals surface area contributed by atoms with Crippen LogP contribution in [0.2, 0.25) is 0 Å². The highest BCUT2D eigenvalue weighted by Gasteiger charge is 2.32. The molecule has 1 atom stereocenters. The minimum absolute atomic E-state index is 0.405. The van der Waals surface area contributed by atoms with E-state index in [1.165, 1.54) is 25.7 Å². The SMILES string of the molecule is Cn1nccc1NC1CCCCC1(C)C. The molecule has 84 valence electrons. The molecule has 0 aromatic carbocycles. The van der Waals surface area contributed by atoms with Gasteiger partial charge in [-0.2, -0.15) is 5.10 Å². The third-order valence-corrected chi connectivity index (χ3v) is 3.65. The van der Waals surface area contributed by atoms with Crippen molar-refractivity contribution in [3.63, 3.8) is 0 Å². The van der Waals surface area contributed by atoms with Gasteiger partial charge >= 0.3 is 0 Å². The fraction of sp³-hybridized carbons (Fsp3) is 0.750. The van der Waals surface area contributed by atoms with Crippen molar-refractivity contribution in [2.45, 2.75) is 45.6 Å². The summed E-state index contributed by atoms with van der Waals surface area (Å²) in [7, 11) is 1.98. The molecule has 0 radical (unpaired) electrons. The lowest BCUT2D eigenvalue weighted by molar-refractivity contribution is 0.216. The maximum Gasteiger partial charge on any atom is 0.124 e. The van der Waals surface area contributed by atoms with Crippen LogP contribution in [0.5, 0.6) is 0 Å². The number of nitrogens with zero attached hydrogens (tertiary/aromatic N) is 2. The molecule has 1 aliphatic rings. The normalized spacial score (nSPS) is 25.1. The summed E-state index contributed by atoms with van der Waals surface area (Å²) in [6, 6.07) is 2.63. The molecule has 0 saturated heterocycles. The lowest BCUT2D eigenvalue weighted by Gasteiger charge is -2.39. The van der Waals surface area contributed by atoms with E-state index in [0.29, 0.717) is 11.5 Å². The third-order valence-electron chi connectivity index (χ3n) is 3.65. The van der Waals surface area contributed by atoms with Gasteiger partial charge in [0.1, 0.15) is 5.82 Å². The minimum atomic E-state index is 0.405. The van der Waals surface area contributed by atoms with E-state index in [4.69, 9.17) is 0 Å². The second-order valence-corrected chi connectivity index (χ2v) is 5.27. The van der Waals surface area contributed by atoms with Gasteiger partial charge in [0.2, 0.25) is 0 Å². The van der Waals surface area contributed by atoms with E-state index in [9.17, 15) is 0 Å². The monoisotopic (exact) mass is 207 g/mol. The summed E-state index contributed by atoms with van der Waals surface area (Å²) in [5.74, 6) is 1.13. The van der Waals surface area contributed by atoms with Gasteiger partial charge in [-0.05, 0) is 18.3 Å². The summed E-state index contributed by atoms with van der Waals surface area (Å²) in [5.41, 5.74) is 0.405. The average Bonchev–Trinajstić information content (AvgIpc) is 2.56. The molecule has 15 heavy (non-hydrogen) atoms. The Morgan fingerprint density at radius 2 is 2.27 bits per heavy atom. The van der Waals surface area contributed by atoms with E-state index in [0.717, 1.165) is 5.82 Å². The van der Waals surface area contributed by atoms with Gasteiger partial charge < -0.3 is 5.32 Å². The molecule has 1 aromatic heterocycles. The van der Waals surface area contributed by atoms with E-state index in [1.54, 1.807) is 0 Å². The molecule has 3 heteroatoms. The van der Waals surface area contributed by atoms with Crippen LogP contribution in [0.4, 0.5) is 5.82 Å². The van der Waals surface area contributed by atoms with Gasteiger partial charge in [0.05, 0.1) is 6.20 Å². The molecule has 2 rings (SSSR count). The predicted octanol–water partition coefficient (Wildman–Crippen LogP) is 2.80. The van der Waals surface area contributed by atoms with Crippen LogP contribution in [0.15, 0.2) is 12.3 Å². The van der Waals surface area contributed by atoms with Crippen LogP contribution in [-0.4, -0.2) is 15.8 Å². The highest BCUT2D eigenvalue weighted by molar-refractivity contribution is 5.35. The van der Waals surface area contributed by atoms with Crippen molar-refractivity contribution in [2.75, 3.05) is 5.32 Å². The van der Waals surface area contributed by atoms with E-state index >= 15 is 0 Å². The van der Waals surface area contributed by atoms with Crippen molar-refractivity contribution >= 4 is 5.82 Å². The number of rotatable bonds is 2. The van der Waals surface area contributed by atoms with Crippen molar-refractivity contribution in [2.24, 2.45) is 12.5 Å². The van der Waals surface area contributed by atoms with Gasteiger partial charge in [0, 0.05) is 19.2 Å². The Balaban J connectivity index is 2.07. The zero-order valence-electron chi connectivity index (χ0n) is 9.95. The van der Waals surface area contributed by atoms with Gasteiger partial charge in [-0.1, -0.05) is 26.7 Å². The van der Waals surface area contributed by atoms with Crippen LogP contribution < -0.4 is 5.32 Å². The summed E-state index contributed by atoms with van der Waals surface area (Å²) in [6.07, 6.45) is 7.16. The fourth-order valence-corrected chi connectivity index (χ4v) is 2.46. The van der Waals surface area contributed by atoms with E-state index < -0.39 is 0 Å². The van der Waals surface area contributed by atoms with Crippen LogP contribution in [-0.2, 0) is 7.05 Å². The molecule has 1 aromatic rings. The Bertz CT molecular complexity index is 327. The zero-order valence-corrected chi connectivity index (χ0v) is 9.95. The summed E-state index contributed by atoms with van der Waals surface area (Å²) in [5, 5.41) is 7.80. The quantitative estimate of drug-likeness (QED) is 0.808. The number of hydrogen-bond donors (Lipinski definition) is 1. The molecular formula is C12H21N3. The Kier molecular flexibility index (Phi) is 2.72. The van der Waals surface area contributed by atoms with Gasteiger partial charge in [0.15, 0.2) is 0 Å². The van der Waals surface area contributed by atoms with Crippen molar-refractivity contribution in [3.05, 3.63) is 12.3 Å². The van der Waals surface area contributed by atoms with Gasteiger partial charge in [-0.25, -0.2) is 0 Å². The molecule has 1 heterocycles. The number of aromatic nitrogens is 2. The first-order chi connectivity index (χ1) is 7.09. The number of anilines is 1. The van der Waals surface area contributed by atoms with Crippen molar-refractivity contribution in [3.8, 4) is 0 Å². The Morgan fingerprint density at radius 1 is 1.47 bits per heavy atom. The topological polar surface area (TPSA) is 29.9 Å². The number of hydrogen-bond acceptors (Lipinski definition) is 2. The van der Waals surface area contributed by atoms with Crippen LogP contribution in [0.1, 0.15) is 39.5 Å². The maximum atomic E-state index is 4.18. The first-order valence-corrected chi connectivity index (χ1v) is 5.84.